The molecule has 1 heterocycles. The molecule has 0 unspecified atom stereocenters. The molecule has 3 aromatic carbocycles. The van der Waals surface area contributed by atoms with Gasteiger partial charge in [0.25, 0.3) is 0 Å². The van der Waals surface area contributed by atoms with Gasteiger partial charge in [-0.25, -0.2) is 4.79 Å². The molecule has 0 atom stereocenters. The first-order chi connectivity index (χ1) is 11.7. The molecule has 3 aromatic rings. The molecule has 0 aromatic heterocycles. The minimum absolute atomic E-state index is 0.166. The summed E-state index contributed by atoms with van der Waals surface area (Å²) in [6.07, 6.45) is 0. The molecule has 0 fully saturated rings. The third-order valence-electron chi connectivity index (χ3n) is 4.11. The summed E-state index contributed by atoms with van der Waals surface area (Å²) in [7, 11) is 1.53. The van der Waals surface area contributed by atoms with E-state index < -0.39 is 5.97 Å². The number of hydrogen-bond acceptors (Lipinski definition) is 4. The molecule has 5 nitrogen and oxygen atoms in total. The third kappa shape index (κ3) is 2.13. The van der Waals surface area contributed by atoms with Crippen LogP contribution in [0.3, 0.4) is 0 Å². The number of hydrogen-bond donors (Lipinski definition) is 1. The highest BCUT2D eigenvalue weighted by atomic mass is 16.7. The number of benzene rings is 3. The van der Waals surface area contributed by atoms with Crippen molar-refractivity contribution in [3.05, 3.63) is 54.1 Å². The SMILES string of the molecule is COc1cc2ccccc2c(C(=O)O)c1-c1ccc2c(c1)OCO2. The van der Waals surface area contributed by atoms with Crippen LogP contribution in [0.15, 0.2) is 48.5 Å². The first kappa shape index (κ1) is 14.4. The zero-order valence-electron chi connectivity index (χ0n) is 12.9. The standard InChI is InChI=1S/C19H14O5/c1-22-16-8-11-4-2-3-5-13(11)18(19(20)21)17(16)12-6-7-14-15(9-12)24-10-23-14/h2-9H,10H2,1H3,(H,20,21). The zero-order valence-corrected chi connectivity index (χ0v) is 12.9. The van der Waals surface area contributed by atoms with Crippen molar-refractivity contribution >= 4 is 16.7 Å². The Labute approximate surface area is 138 Å². The number of carboxylic acids is 1. The summed E-state index contributed by atoms with van der Waals surface area (Å²) in [4.78, 5) is 12.0. The Morgan fingerprint density at radius 2 is 1.88 bits per heavy atom. The van der Waals surface area contributed by atoms with Crippen molar-refractivity contribution in [3.8, 4) is 28.4 Å². The number of ether oxygens (including phenoxy) is 3. The number of methoxy groups -OCH3 is 1. The van der Waals surface area contributed by atoms with Crippen LogP contribution < -0.4 is 14.2 Å². The van der Waals surface area contributed by atoms with E-state index in [1.54, 1.807) is 18.2 Å². The van der Waals surface area contributed by atoms with Crippen LogP contribution in [0, 0.1) is 0 Å². The minimum atomic E-state index is -1.00. The molecule has 0 bridgehead atoms. The Kier molecular flexibility index (Phi) is 3.27. The highest BCUT2D eigenvalue weighted by Crippen LogP contribution is 2.42. The largest absolute Gasteiger partial charge is 0.496 e. The van der Waals surface area contributed by atoms with Crippen LogP contribution in [-0.4, -0.2) is 25.0 Å². The fourth-order valence-corrected chi connectivity index (χ4v) is 3.04. The van der Waals surface area contributed by atoms with Gasteiger partial charge in [0.2, 0.25) is 6.79 Å². The molecule has 0 aliphatic carbocycles. The van der Waals surface area contributed by atoms with Gasteiger partial charge < -0.3 is 19.3 Å². The summed E-state index contributed by atoms with van der Waals surface area (Å²) in [6, 6.07) is 14.6. The molecule has 0 saturated heterocycles. The van der Waals surface area contributed by atoms with E-state index in [1.807, 2.05) is 30.3 Å². The van der Waals surface area contributed by atoms with Crippen molar-refractivity contribution < 1.29 is 24.1 Å². The van der Waals surface area contributed by atoms with Gasteiger partial charge in [-0.3, -0.25) is 0 Å². The number of rotatable bonds is 3. The van der Waals surface area contributed by atoms with E-state index in [0.717, 1.165) is 5.39 Å². The lowest BCUT2D eigenvalue weighted by Gasteiger charge is -2.15. The molecule has 24 heavy (non-hydrogen) atoms. The van der Waals surface area contributed by atoms with E-state index >= 15 is 0 Å². The van der Waals surface area contributed by atoms with E-state index in [1.165, 1.54) is 7.11 Å². The zero-order chi connectivity index (χ0) is 16.7. The van der Waals surface area contributed by atoms with Crippen LogP contribution in [-0.2, 0) is 0 Å². The maximum atomic E-state index is 12.0. The molecule has 0 amide bonds. The second-order valence-electron chi connectivity index (χ2n) is 5.42. The van der Waals surface area contributed by atoms with Gasteiger partial charge in [0.05, 0.1) is 12.7 Å². The fraction of sp³-hybridized carbons (Fsp3) is 0.105. The van der Waals surface area contributed by atoms with Gasteiger partial charge in [-0.05, 0) is 34.5 Å². The van der Waals surface area contributed by atoms with Gasteiger partial charge in [-0.2, -0.15) is 0 Å². The first-order valence-corrected chi connectivity index (χ1v) is 7.42. The Morgan fingerprint density at radius 3 is 2.67 bits per heavy atom. The first-order valence-electron chi connectivity index (χ1n) is 7.42. The van der Waals surface area contributed by atoms with Crippen molar-refractivity contribution in [2.24, 2.45) is 0 Å². The van der Waals surface area contributed by atoms with E-state index in [9.17, 15) is 9.90 Å². The van der Waals surface area contributed by atoms with Crippen molar-refractivity contribution in [1.29, 1.82) is 0 Å². The second-order valence-corrected chi connectivity index (χ2v) is 5.42. The van der Waals surface area contributed by atoms with E-state index in [0.29, 0.717) is 33.8 Å². The Balaban J connectivity index is 2.06. The minimum Gasteiger partial charge on any atom is -0.496 e. The fourth-order valence-electron chi connectivity index (χ4n) is 3.04. The van der Waals surface area contributed by atoms with Gasteiger partial charge in [0.1, 0.15) is 5.75 Å². The summed E-state index contributed by atoms with van der Waals surface area (Å²) in [5.41, 5.74) is 1.45. The molecule has 1 aliphatic heterocycles. The molecule has 5 heteroatoms. The third-order valence-corrected chi connectivity index (χ3v) is 4.11. The van der Waals surface area contributed by atoms with E-state index in [4.69, 9.17) is 14.2 Å². The van der Waals surface area contributed by atoms with Crippen LogP contribution >= 0.6 is 0 Å². The summed E-state index contributed by atoms with van der Waals surface area (Å²) in [6.45, 7) is 0.166. The van der Waals surface area contributed by atoms with Gasteiger partial charge in [0.15, 0.2) is 11.5 Å². The lowest BCUT2D eigenvalue weighted by atomic mass is 9.93. The molecule has 0 radical (unpaired) electrons. The van der Waals surface area contributed by atoms with Crippen molar-refractivity contribution in [2.75, 3.05) is 13.9 Å². The maximum Gasteiger partial charge on any atom is 0.337 e. The summed E-state index contributed by atoms with van der Waals surface area (Å²) in [5.74, 6) is 0.747. The number of carboxylic acid groups (broad SMARTS) is 1. The molecule has 4 rings (SSSR count). The van der Waals surface area contributed by atoms with E-state index in [-0.39, 0.29) is 12.4 Å². The molecule has 120 valence electrons. The second kappa shape index (κ2) is 5.45. The molecule has 0 saturated carbocycles. The summed E-state index contributed by atoms with van der Waals surface area (Å²) in [5, 5.41) is 11.3. The molecule has 1 aliphatic rings. The van der Waals surface area contributed by atoms with Crippen LogP contribution in [0.25, 0.3) is 21.9 Å². The van der Waals surface area contributed by atoms with Crippen LogP contribution in [0.2, 0.25) is 0 Å². The maximum absolute atomic E-state index is 12.0. The number of carbonyl (C=O) groups is 1. The van der Waals surface area contributed by atoms with E-state index in [2.05, 4.69) is 0 Å². The molecular weight excluding hydrogens is 308 g/mol. The predicted molar refractivity (Wildman–Crippen MR) is 89.0 cm³/mol. The Bertz CT molecular complexity index is 961. The lowest BCUT2D eigenvalue weighted by molar-refractivity contribution is 0.0699. The number of fused-ring (bicyclic) bond motifs is 2. The van der Waals surface area contributed by atoms with Crippen LogP contribution in [0.1, 0.15) is 10.4 Å². The van der Waals surface area contributed by atoms with Crippen molar-refractivity contribution in [1.82, 2.24) is 0 Å². The topological polar surface area (TPSA) is 65.0 Å². The molecular formula is C19H14O5. The highest BCUT2D eigenvalue weighted by molar-refractivity contribution is 6.11. The average Bonchev–Trinajstić information content (AvgIpc) is 3.07. The summed E-state index contributed by atoms with van der Waals surface area (Å²) < 4.78 is 16.2. The van der Waals surface area contributed by atoms with Gasteiger partial charge in [-0.15, -0.1) is 0 Å². The number of aromatic carboxylic acids is 1. The lowest BCUT2D eigenvalue weighted by Crippen LogP contribution is -2.03. The van der Waals surface area contributed by atoms with Gasteiger partial charge >= 0.3 is 5.97 Å². The van der Waals surface area contributed by atoms with Crippen molar-refractivity contribution in [2.45, 2.75) is 0 Å². The van der Waals surface area contributed by atoms with Gasteiger partial charge in [-0.1, -0.05) is 30.3 Å². The Hall–Kier alpha value is -3.21. The summed E-state index contributed by atoms with van der Waals surface area (Å²) >= 11 is 0. The highest BCUT2D eigenvalue weighted by Gasteiger charge is 2.23. The quantitative estimate of drug-likeness (QED) is 0.791. The average molecular weight is 322 g/mol. The van der Waals surface area contributed by atoms with Gasteiger partial charge in [0, 0.05) is 5.56 Å². The molecule has 1 N–H and O–H groups in total. The molecule has 0 spiro atoms. The Morgan fingerprint density at radius 1 is 1.08 bits per heavy atom. The van der Waals surface area contributed by atoms with Crippen molar-refractivity contribution in [3.63, 3.8) is 0 Å². The van der Waals surface area contributed by atoms with Crippen LogP contribution in [0.4, 0.5) is 0 Å². The monoisotopic (exact) mass is 322 g/mol. The normalized spacial score (nSPS) is 12.4. The predicted octanol–water partition coefficient (Wildman–Crippen LogP) is 3.94. The smallest absolute Gasteiger partial charge is 0.337 e. The van der Waals surface area contributed by atoms with Crippen LogP contribution in [0.5, 0.6) is 17.2 Å².